The lowest BCUT2D eigenvalue weighted by molar-refractivity contribution is 0.391. The van der Waals surface area contributed by atoms with E-state index < -0.39 is 11.6 Å². The van der Waals surface area contributed by atoms with Crippen LogP contribution in [0.15, 0.2) is 29.4 Å². The van der Waals surface area contributed by atoms with Crippen LogP contribution in [0.5, 0.6) is 5.88 Å². The molecule has 7 heteroatoms. The van der Waals surface area contributed by atoms with E-state index in [1.807, 2.05) is 0 Å². The van der Waals surface area contributed by atoms with Crippen molar-refractivity contribution >= 4 is 17.6 Å². The van der Waals surface area contributed by atoms with Crippen molar-refractivity contribution in [3.8, 4) is 5.88 Å². The van der Waals surface area contributed by atoms with E-state index in [0.717, 1.165) is 31.4 Å². The number of ether oxygens (including phenoxy) is 1. The molecule has 3 rings (SSSR count). The van der Waals surface area contributed by atoms with Gasteiger partial charge in [0.15, 0.2) is 16.8 Å². The lowest BCUT2D eigenvalue weighted by Gasteiger charge is -2.32. The van der Waals surface area contributed by atoms with Gasteiger partial charge in [-0.25, -0.2) is 13.8 Å². The molecule has 0 unspecified atom stereocenters. The van der Waals surface area contributed by atoms with Crippen LogP contribution in [0.25, 0.3) is 0 Å². The van der Waals surface area contributed by atoms with Crippen LogP contribution in [-0.4, -0.2) is 30.2 Å². The first-order valence-electron chi connectivity index (χ1n) is 6.91. The molecule has 0 aliphatic carbocycles. The topological polar surface area (TPSA) is 38.2 Å². The van der Waals surface area contributed by atoms with E-state index in [1.165, 1.54) is 17.8 Å². The maximum Gasteiger partial charge on any atom is 0.219 e. The SMILES string of the molecule is COc1cc(N2CCC2)nc(SCc2cccc(F)c2F)n1. The van der Waals surface area contributed by atoms with Gasteiger partial charge in [-0.2, -0.15) is 4.98 Å². The van der Waals surface area contributed by atoms with Gasteiger partial charge in [-0.15, -0.1) is 0 Å². The van der Waals surface area contributed by atoms with Gasteiger partial charge in [0.1, 0.15) is 5.82 Å². The summed E-state index contributed by atoms with van der Waals surface area (Å²) < 4.78 is 32.0. The number of thioether (sulfide) groups is 1. The Morgan fingerprint density at radius 3 is 2.77 bits per heavy atom. The highest BCUT2D eigenvalue weighted by atomic mass is 32.2. The third-order valence-electron chi connectivity index (χ3n) is 3.45. The molecule has 1 aliphatic heterocycles. The first-order valence-corrected chi connectivity index (χ1v) is 7.89. The standard InChI is InChI=1S/C15H15F2N3OS/c1-21-13-8-12(20-6-3-7-20)18-15(19-13)22-9-10-4-2-5-11(16)14(10)17/h2,4-5,8H,3,6-7,9H2,1H3. The van der Waals surface area contributed by atoms with Gasteiger partial charge in [-0.05, 0) is 12.5 Å². The Balaban J connectivity index is 1.78. The van der Waals surface area contributed by atoms with Crippen LogP contribution >= 0.6 is 11.8 Å². The molecule has 0 radical (unpaired) electrons. The van der Waals surface area contributed by atoms with Gasteiger partial charge in [-0.1, -0.05) is 23.9 Å². The Morgan fingerprint density at radius 2 is 2.09 bits per heavy atom. The fourth-order valence-electron chi connectivity index (χ4n) is 2.07. The van der Waals surface area contributed by atoms with E-state index in [-0.39, 0.29) is 5.75 Å². The molecular formula is C15H15F2N3OS. The molecule has 0 atom stereocenters. The van der Waals surface area contributed by atoms with E-state index >= 15 is 0 Å². The first-order chi connectivity index (χ1) is 10.7. The Labute approximate surface area is 131 Å². The largest absolute Gasteiger partial charge is 0.481 e. The van der Waals surface area contributed by atoms with Crippen LogP contribution in [0.2, 0.25) is 0 Å². The normalized spacial score (nSPS) is 13.9. The number of halogens is 2. The Morgan fingerprint density at radius 1 is 1.27 bits per heavy atom. The van der Waals surface area contributed by atoms with E-state index in [9.17, 15) is 8.78 Å². The predicted octanol–water partition coefficient (Wildman–Crippen LogP) is 3.27. The predicted molar refractivity (Wildman–Crippen MR) is 81.3 cm³/mol. The monoisotopic (exact) mass is 323 g/mol. The smallest absolute Gasteiger partial charge is 0.219 e. The highest BCUT2D eigenvalue weighted by Crippen LogP contribution is 2.28. The molecule has 2 heterocycles. The summed E-state index contributed by atoms with van der Waals surface area (Å²) in [6, 6.07) is 5.94. The first kappa shape index (κ1) is 15.0. The second kappa shape index (κ2) is 6.48. The van der Waals surface area contributed by atoms with Gasteiger partial charge in [0.2, 0.25) is 5.88 Å². The molecule has 0 spiro atoms. The number of anilines is 1. The summed E-state index contributed by atoms with van der Waals surface area (Å²) in [6.45, 7) is 1.92. The number of methoxy groups -OCH3 is 1. The average Bonchev–Trinajstić information content (AvgIpc) is 2.47. The Hall–Kier alpha value is -1.89. The third-order valence-corrected chi connectivity index (χ3v) is 4.34. The zero-order chi connectivity index (χ0) is 15.5. The molecule has 1 aliphatic rings. The number of nitrogens with zero attached hydrogens (tertiary/aromatic N) is 3. The average molecular weight is 323 g/mol. The molecule has 1 aromatic heterocycles. The number of benzene rings is 1. The number of hydrogen-bond acceptors (Lipinski definition) is 5. The van der Waals surface area contributed by atoms with Crippen molar-refractivity contribution in [3.05, 3.63) is 41.5 Å². The van der Waals surface area contributed by atoms with Crippen LogP contribution < -0.4 is 9.64 Å². The van der Waals surface area contributed by atoms with Gasteiger partial charge in [0.05, 0.1) is 7.11 Å². The lowest BCUT2D eigenvalue weighted by atomic mass is 10.2. The summed E-state index contributed by atoms with van der Waals surface area (Å²) in [7, 11) is 1.54. The van der Waals surface area contributed by atoms with E-state index in [0.29, 0.717) is 16.6 Å². The van der Waals surface area contributed by atoms with Crippen LogP contribution in [-0.2, 0) is 5.75 Å². The van der Waals surface area contributed by atoms with Crippen molar-refractivity contribution in [2.75, 3.05) is 25.1 Å². The minimum Gasteiger partial charge on any atom is -0.481 e. The van der Waals surface area contributed by atoms with Crippen LogP contribution in [0.3, 0.4) is 0 Å². The molecule has 22 heavy (non-hydrogen) atoms. The molecule has 2 aromatic rings. The van der Waals surface area contributed by atoms with Gasteiger partial charge in [0, 0.05) is 30.5 Å². The molecule has 0 N–H and O–H groups in total. The van der Waals surface area contributed by atoms with Crippen molar-refractivity contribution in [2.45, 2.75) is 17.3 Å². The van der Waals surface area contributed by atoms with Gasteiger partial charge in [0.25, 0.3) is 0 Å². The summed E-state index contributed by atoms with van der Waals surface area (Å²) in [6.07, 6.45) is 1.14. The fraction of sp³-hybridized carbons (Fsp3) is 0.333. The molecule has 0 saturated carbocycles. The zero-order valence-electron chi connectivity index (χ0n) is 12.1. The van der Waals surface area contributed by atoms with Crippen LogP contribution in [0, 0.1) is 11.6 Å². The van der Waals surface area contributed by atoms with E-state index in [2.05, 4.69) is 14.9 Å². The minimum atomic E-state index is -0.842. The van der Waals surface area contributed by atoms with Crippen LogP contribution in [0.1, 0.15) is 12.0 Å². The summed E-state index contributed by atoms with van der Waals surface area (Å²) >= 11 is 1.26. The quantitative estimate of drug-likeness (QED) is 0.624. The Bertz CT molecular complexity index is 680. The molecule has 1 fully saturated rings. The van der Waals surface area contributed by atoms with Crippen molar-refractivity contribution in [2.24, 2.45) is 0 Å². The molecule has 116 valence electrons. The van der Waals surface area contributed by atoms with Gasteiger partial charge in [-0.3, -0.25) is 0 Å². The van der Waals surface area contributed by atoms with Crippen molar-refractivity contribution in [1.82, 2.24) is 9.97 Å². The highest BCUT2D eigenvalue weighted by molar-refractivity contribution is 7.98. The highest BCUT2D eigenvalue weighted by Gasteiger charge is 2.18. The summed E-state index contributed by atoms with van der Waals surface area (Å²) in [5.74, 6) is -0.123. The van der Waals surface area contributed by atoms with Gasteiger partial charge >= 0.3 is 0 Å². The molecule has 1 saturated heterocycles. The van der Waals surface area contributed by atoms with Gasteiger partial charge < -0.3 is 9.64 Å². The molecule has 4 nitrogen and oxygen atoms in total. The summed E-state index contributed by atoms with van der Waals surface area (Å²) in [4.78, 5) is 10.8. The van der Waals surface area contributed by atoms with E-state index in [4.69, 9.17) is 4.74 Å². The molecule has 0 bridgehead atoms. The maximum absolute atomic E-state index is 13.7. The molecule has 1 aromatic carbocycles. The summed E-state index contributed by atoms with van der Waals surface area (Å²) in [5, 5.41) is 0.491. The number of rotatable bonds is 5. The fourth-order valence-corrected chi connectivity index (χ4v) is 2.89. The second-order valence-electron chi connectivity index (χ2n) is 4.89. The maximum atomic E-state index is 13.7. The summed E-state index contributed by atoms with van der Waals surface area (Å²) in [5.41, 5.74) is 0.293. The number of hydrogen-bond donors (Lipinski definition) is 0. The third kappa shape index (κ3) is 3.14. The minimum absolute atomic E-state index is 0.260. The van der Waals surface area contributed by atoms with E-state index in [1.54, 1.807) is 19.2 Å². The number of aromatic nitrogens is 2. The second-order valence-corrected chi connectivity index (χ2v) is 5.84. The van der Waals surface area contributed by atoms with Crippen molar-refractivity contribution in [3.63, 3.8) is 0 Å². The lowest BCUT2D eigenvalue weighted by Crippen LogP contribution is -2.37. The Kier molecular flexibility index (Phi) is 4.42. The molecule has 0 amide bonds. The van der Waals surface area contributed by atoms with Crippen LogP contribution in [0.4, 0.5) is 14.6 Å². The zero-order valence-corrected chi connectivity index (χ0v) is 12.9. The van der Waals surface area contributed by atoms with Crippen molar-refractivity contribution in [1.29, 1.82) is 0 Å². The van der Waals surface area contributed by atoms with Crippen molar-refractivity contribution < 1.29 is 13.5 Å². The molecular weight excluding hydrogens is 308 g/mol.